The number of halogens is 1. The highest BCUT2D eigenvalue weighted by atomic mass is 35.5. The van der Waals surface area contributed by atoms with Crippen LogP contribution in [-0.2, 0) is 17.7 Å². The number of aryl methyl sites for hydroxylation is 1. The van der Waals surface area contributed by atoms with Gasteiger partial charge in [0, 0.05) is 24.3 Å². The van der Waals surface area contributed by atoms with Crippen LogP contribution in [0.15, 0.2) is 48.5 Å². The summed E-state index contributed by atoms with van der Waals surface area (Å²) >= 11 is 6.09. The number of hydrogen-bond acceptors (Lipinski definition) is 3. The van der Waals surface area contributed by atoms with Crippen molar-refractivity contribution >= 4 is 29.4 Å². The quantitative estimate of drug-likeness (QED) is 0.705. The number of anilines is 1. The number of rotatable bonds is 7. The van der Waals surface area contributed by atoms with Gasteiger partial charge in [0.15, 0.2) is 0 Å². The number of benzene rings is 2. The Labute approximate surface area is 170 Å². The summed E-state index contributed by atoms with van der Waals surface area (Å²) in [7, 11) is 1.65. The van der Waals surface area contributed by atoms with Crippen molar-refractivity contribution in [3.63, 3.8) is 0 Å². The first-order chi connectivity index (χ1) is 13.4. The van der Waals surface area contributed by atoms with Crippen molar-refractivity contribution in [3.8, 4) is 0 Å². The first-order valence-corrected chi connectivity index (χ1v) is 9.55. The van der Waals surface area contributed by atoms with E-state index in [1.807, 2.05) is 42.5 Å². The number of amides is 3. The fourth-order valence-corrected chi connectivity index (χ4v) is 2.63. The van der Waals surface area contributed by atoms with Gasteiger partial charge in [-0.25, -0.2) is 9.59 Å². The number of hydrogen-bond donors (Lipinski definition) is 2. The maximum absolute atomic E-state index is 12.3. The van der Waals surface area contributed by atoms with Gasteiger partial charge in [-0.05, 0) is 42.7 Å². The van der Waals surface area contributed by atoms with E-state index in [9.17, 15) is 9.59 Å². The molecule has 0 aliphatic heterocycles. The van der Waals surface area contributed by atoms with Gasteiger partial charge in [-0.1, -0.05) is 48.9 Å². The number of likely N-dealkylation sites (N-methyl/N-ethyl adjacent to an activating group) is 1. The summed E-state index contributed by atoms with van der Waals surface area (Å²) < 4.78 is 5.22. The Bertz CT molecular complexity index is 796. The first kappa shape index (κ1) is 21.6. The molecule has 2 N–H and O–H groups in total. The zero-order chi connectivity index (χ0) is 20.5. The molecule has 0 radical (unpaired) electrons. The van der Waals surface area contributed by atoms with E-state index in [0.717, 1.165) is 12.0 Å². The smallest absolute Gasteiger partial charge is 0.411 e. The van der Waals surface area contributed by atoms with E-state index in [1.54, 1.807) is 20.0 Å². The standard InChI is InChI=1S/C21H26ClN3O3/c1-4-16-9-11-18(12-10-16)24-21(27)28-14-15(2)25(3)20(26)23-13-17-7-5-6-8-19(17)22/h5-12,15H,4,13-14H2,1-3H3,(H,23,26)(H,24,27)/t15-/m0/s1. The van der Waals surface area contributed by atoms with Crippen LogP contribution in [0.1, 0.15) is 25.0 Å². The van der Waals surface area contributed by atoms with E-state index in [0.29, 0.717) is 17.3 Å². The van der Waals surface area contributed by atoms with E-state index in [2.05, 4.69) is 17.6 Å². The fraction of sp³-hybridized carbons (Fsp3) is 0.333. The van der Waals surface area contributed by atoms with E-state index in [-0.39, 0.29) is 18.7 Å². The van der Waals surface area contributed by atoms with Crippen LogP contribution in [0, 0.1) is 0 Å². The summed E-state index contributed by atoms with van der Waals surface area (Å²) in [4.78, 5) is 25.7. The second-order valence-electron chi connectivity index (χ2n) is 6.48. The molecule has 0 fully saturated rings. The lowest BCUT2D eigenvalue weighted by molar-refractivity contribution is 0.123. The molecule has 0 aromatic heterocycles. The molecule has 6 nitrogen and oxygen atoms in total. The van der Waals surface area contributed by atoms with Gasteiger partial charge >= 0.3 is 12.1 Å². The Morgan fingerprint density at radius 1 is 1.14 bits per heavy atom. The molecule has 3 amide bonds. The van der Waals surface area contributed by atoms with Gasteiger partial charge in [-0.15, -0.1) is 0 Å². The molecular formula is C21H26ClN3O3. The molecular weight excluding hydrogens is 378 g/mol. The Hall–Kier alpha value is -2.73. The molecule has 7 heteroatoms. The predicted octanol–water partition coefficient (Wildman–Crippen LogP) is 4.68. The summed E-state index contributed by atoms with van der Waals surface area (Å²) in [5, 5.41) is 6.08. The monoisotopic (exact) mass is 403 g/mol. The van der Waals surface area contributed by atoms with Crippen molar-refractivity contribution in [2.75, 3.05) is 19.0 Å². The topological polar surface area (TPSA) is 70.7 Å². The highest BCUT2D eigenvalue weighted by molar-refractivity contribution is 6.31. The minimum absolute atomic E-state index is 0.0783. The molecule has 1 atom stereocenters. The summed E-state index contributed by atoms with van der Waals surface area (Å²) in [5.74, 6) is 0. The fourth-order valence-electron chi connectivity index (χ4n) is 2.42. The minimum Gasteiger partial charge on any atom is -0.447 e. The van der Waals surface area contributed by atoms with Crippen LogP contribution < -0.4 is 10.6 Å². The molecule has 28 heavy (non-hydrogen) atoms. The van der Waals surface area contributed by atoms with Gasteiger partial charge in [0.1, 0.15) is 6.61 Å². The maximum atomic E-state index is 12.3. The van der Waals surface area contributed by atoms with Crippen LogP contribution >= 0.6 is 11.6 Å². The zero-order valence-corrected chi connectivity index (χ0v) is 17.1. The van der Waals surface area contributed by atoms with Crippen molar-refractivity contribution < 1.29 is 14.3 Å². The Morgan fingerprint density at radius 3 is 2.46 bits per heavy atom. The number of ether oxygens (including phenoxy) is 1. The van der Waals surface area contributed by atoms with Crippen molar-refractivity contribution in [2.45, 2.75) is 32.9 Å². The largest absolute Gasteiger partial charge is 0.447 e. The zero-order valence-electron chi connectivity index (χ0n) is 16.4. The van der Waals surface area contributed by atoms with E-state index in [1.165, 1.54) is 10.5 Å². The van der Waals surface area contributed by atoms with Gasteiger partial charge in [-0.3, -0.25) is 5.32 Å². The van der Waals surface area contributed by atoms with Crippen molar-refractivity contribution in [1.82, 2.24) is 10.2 Å². The van der Waals surface area contributed by atoms with Crippen molar-refractivity contribution in [2.24, 2.45) is 0 Å². The van der Waals surface area contributed by atoms with Crippen molar-refractivity contribution in [3.05, 3.63) is 64.7 Å². The molecule has 2 aromatic rings. The lowest BCUT2D eigenvalue weighted by Gasteiger charge is -2.25. The molecule has 0 heterocycles. The lowest BCUT2D eigenvalue weighted by atomic mass is 10.1. The number of urea groups is 1. The lowest BCUT2D eigenvalue weighted by Crippen LogP contribution is -2.44. The number of nitrogens with one attached hydrogen (secondary N) is 2. The third-order valence-corrected chi connectivity index (χ3v) is 4.80. The Kier molecular flexibility index (Phi) is 8.14. The van der Waals surface area contributed by atoms with E-state index < -0.39 is 6.09 Å². The van der Waals surface area contributed by atoms with Crippen LogP contribution in [-0.4, -0.2) is 36.7 Å². The SMILES string of the molecule is CCc1ccc(NC(=O)OC[C@H](C)N(C)C(=O)NCc2ccccc2Cl)cc1. The Morgan fingerprint density at radius 2 is 1.82 bits per heavy atom. The van der Waals surface area contributed by atoms with Crippen molar-refractivity contribution in [1.29, 1.82) is 0 Å². The van der Waals surface area contributed by atoms with Crippen LogP contribution in [0.3, 0.4) is 0 Å². The van der Waals surface area contributed by atoms with E-state index >= 15 is 0 Å². The predicted molar refractivity (Wildman–Crippen MR) is 112 cm³/mol. The van der Waals surface area contributed by atoms with Crippen LogP contribution in [0.25, 0.3) is 0 Å². The molecule has 0 unspecified atom stereocenters. The summed E-state index contributed by atoms with van der Waals surface area (Å²) in [6, 6.07) is 14.3. The van der Waals surface area contributed by atoms with Gasteiger partial charge in [-0.2, -0.15) is 0 Å². The average Bonchev–Trinajstić information content (AvgIpc) is 2.71. The van der Waals surface area contributed by atoms with Gasteiger partial charge in [0.25, 0.3) is 0 Å². The van der Waals surface area contributed by atoms with E-state index in [4.69, 9.17) is 16.3 Å². The summed E-state index contributed by atoms with van der Waals surface area (Å²) in [6.45, 7) is 4.27. The molecule has 0 aliphatic carbocycles. The molecule has 0 saturated heterocycles. The highest BCUT2D eigenvalue weighted by Gasteiger charge is 2.17. The second-order valence-corrected chi connectivity index (χ2v) is 6.89. The third kappa shape index (κ3) is 6.46. The highest BCUT2D eigenvalue weighted by Crippen LogP contribution is 2.14. The maximum Gasteiger partial charge on any atom is 0.411 e. The van der Waals surface area contributed by atoms with Gasteiger partial charge < -0.3 is 15.0 Å². The molecule has 0 aliphatic rings. The molecule has 0 spiro atoms. The molecule has 0 bridgehead atoms. The molecule has 0 saturated carbocycles. The van der Waals surface area contributed by atoms with Crippen LogP contribution in [0.2, 0.25) is 5.02 Å². The van der Waals surface area contributed by atoms with Gasteiger partial charge in [0.2, 0.25) is 0 Å². The molecule has 2 aromatic carbocycles. The third-order valence-electron chi connectivity index (χ3n) is 4.43. The normalized spacial score (nSPS) is 11.4. The summed E-state index contributed by atoms with van der Waals surface area (Å²) in [6.07, 6.45) is 0.383. The number of carbonyl (C=O) groups is 2. The van der Waals surface area contributed by atoms with Crippen LogP contribution in [0.4, 0.5) is 15.3 Å². The second kappa shape index (κ2) is 10.6. The number of nitrogens with zero attached hydrogens (tertiary/aromatic N) is 1. The van der Waals surface area contributed by atoms with Gasteiger partial charge in [0.05, 0.1) is 6.04 Å². The van der Waals surface area contributed by atoms with Crippen LogP contribution in [0.5, 0.6) is 0 Å². The molecule has 150 valence electrons. The average molecular weight is 404 g/mol. The Balaban J connectivity index is 1.75. The molecule has 2 rings (SSSR count). The first-order valence-electron chi connectivity index (χ1n) is 9.17. The summed E-state index contributed by atoms with van der Waals surface area (Å²) in [5.41, 5.74) is 2.70. The number of carbonyl (C=O) groups excluding carboxylic acids is 2. The minimum atomic E-state index is -0.555.